The third kappa shape index (κ3) is 4.75. The lowest BCUT2D eigenvalue weighted by Gasteiger charge is -2.34. The van der Waals surface area contributed by atoms with Crippen molar-refractivity contribution < 1.29 is 19.1 Å². The number of nitrogens with one attached hydrogen (secondary N) is 2. The lowest BCUT2D eigenvalue weighted by Crippen LogP contribution is -2.56. The van der Waals surface area contributed by atoms with Gasteiger partial charge in [0.05, 0.1) is 17.9 Å². The molecule has 39 heavy (non-hydrogen) atoms. The predicted octanol–water partition coefficient (Wildman–Crippen LogP) is 4.77. The lowest BCUT2D eigenvalue weighted by molar-refractivity contribution is -0.141. The number of hydrogen-bond acceptors (Lipinski definition) is 4. The first-order chi connectivity index (χ1) is 18.9. The molecule has 6 rings (SSSR count). The van der Waals surface area contributed by atoms with Gasteiger partial charge in [0.2, 0.25) is 17.7 Å². The van der Waals surface area contributed by atoms with E-state index in [-0.39, 0.29) is 30.3 Å². The second-order valence-corrected chi connectivity index (χ2v) is 11.8. The van der Waals surface area contributed by atoms with E-state index in [4.69, 9.17) is 27.9 Å². The Bertz CT molecular complexity index is 1310. The van der Waals surface area contributed by atoms with Gasteiger partial charge >= 0.3 is 0 Å². The molecule has 3 amide bonds. The minimum Gasteiger partial charge on any atom is -0.359 e. The molecule has 204 valence electrons. The van der Waals surface area contributed by atoms with Gasteiger partial charge in [-0.15, -0.1) is 0 Å². The highest BCUT2D eigenvalue weighted by atomic mass is 35.5. The van der Waals surface area contributed by atoms with E-state index >= 15 is 0 Å². The molecule has 2 bridgehead atoms. The van der Waals surface area contributed by atoms with Crippen LogP contribution in [-0.4, -0.2) is 53.0 Å². The SMILES string of the molecule is O=C(Nc1ccc(Cl)cc1)[C@H]1[C@@H]2C=C[C@]3(O2)[C@@H]1C(=O)N(CCc1ccccc1Cl)[C@@H]3C(=O)NC1CCCCC1. The summed E-state index contributed by atoms with van der Waals surface area (Å²) in [5.74, 6) is -2.33. The van der Waals surface area contributed by atoms with Crippen molar-refractivity contribution in [1.82, 2.24) is 10.2 Å². The summed E-state index contributed by atoms with van der Waals surface area (Å²) < 4.78 is 6.43. The average Bonchev–Trinajstić information content (AvgIpc) is 3.57. The van der Waals surface area contributed by atoms with Crippen LogP contribution in [0.4, 0.5) is 5.69 Å². The third-order valence-electron chi connectivity index (χ3n) is 8.57. The van der Waals surface area contributed by atoms with E-state index in [2.05, 4.69) is 10.6 Å². The molecule has 0 unspecified atom stereocenters. The fourth-order valence-electron chi connectivity index (χ4n) is 6.74. The molecule has 1 saturated carbocycles. The molecule has 2 aromatic carbocycles. The summed E-state index contributed by atoms with van der Waals surface area (Å²) in [5, 5.41) is 7.30. The molecule has 0 radical (unpaired) electrons. The van der Waals surface area contributed by atoms with Gasteiger partial charge in [0, 0.05) is 28.3 Å². The molecule has 3 heterocycles. The molecule has 2 aromatic rings. The smallest absolute Gasteiger partial charge is 0.246 e. The number of hydrogen-bond donors (Lipinski definition) is 2. The molecular formula is C30H31Cl2N3O4. The lowest BCUT2D eigenvalue weighted by atomic mass is 9.74. The van der Waals surface area contributed by atoms with Crippen LogP contribution < -0.4 is 10.6 Å². The minimum absolute atomic E-state index is 0.0776. The van der Waals surface area contributed by atoms with Gasteiger partial charge in [-0.2, -0.15) is 0 Å². The van der Waals surface area contributed by atoms with Crippen molar-refractivity contribution in [2.75, 3.05) is 11.9 Å². The number of carbonyl (C=O) groups is 3. The summed E-state index contributed by atoms with van der Waals surface area (Å²) in [7, 11) is 0. The molecule has 4 aliphatic rings. The van der Waals surface area contributed by atoms with Gasteiger partial charge in [0.25, 0.3) is 0 Å². The number of anilines is 1. The van der Waals surface area contributed by atoms with Crippen LogP contribution in [0.15, 0.2) is 60.7 Å². The van der Waals surface area contributed by atoms with Crippen LogP contribution in [0, 0.1) is 11.8 Å². The Hall–Kier alpha value is -2.87. The van der Waals surface area contributed by atoms with E-state index in [0.29, 0.717) is 22.2 Å². The predicted molar refractivity (Wildman–Crippen MR) is 149 cm³/mol. The van der Waals surface area contributed by atoms with Gasteiger partial charge < -0.3 is 20.3 Å². The second-order valence-electron chi connectivity index (χ2n) is 10.9. The highest BCUT2D eigenvalue weighted by Gasteiger charge is 2.72. The summed E-state index contributed by atoms with van der Waals surface area (Å²) in [4.78, 5) is 43.2. The van der Waals surface area contributed by atoms with Crippen molar-refractivity contribution in [1.29, 1.82) is 0 Å². The van der Waals surface area contributed by atoms with Gasteiger partial charge in [0.15, 0.2) is 0 Å². The van der Waals surface area contributed by atoms with Crippen LogP contribution in [0.5, 0.6) is 0 Å². The molecule has 1 aliphatic carbocycles. The van der Waals surface area contributed by atoms with E-state index in [1.165, 1.54) is 6.42 Å². The van der Waals surface area contributed by atoms with Gasteiger partial charge in [-0.3, -0.25) is 14.4 Å². The fraction of sp³-hybridized carbons (Fsp3) is 0.433. The molecule has 3 aliphatic heterocycles. The maximum Gasteiger partial charge on any atom is 0.246 e. The molecule has 1 spiro atoms. The maximum atomic E-state index is 14.1. The molecule has 0 aromatic heterocycles. The van der Waals surface area contributed by atoms with Crippen molar-refractivity contribution >= 4 is 46.6 Å². The Balaban J connectivity index is 1.29. The first-order valence-electron chi connectivity index (χ1n) is 13.7. The van der Waals surface area contributed by atoms with Crippen LogP contribution in [0.2, 0.25) is 10.0 Å². The number of nitrogens with zero attached hydrogens (tertiary/aromatic N) is 1. The summed E-state index contributed by atoms with van der Waals surface area (Å²) in [5.41, 5.74) is 0.284. The van der Waals surface area contributed by atoms with Crippen molar-refractivity contribution in [3.63, 3.8) is 0 Å². The van der Waals surface area contributed by atoms with Crippen molar-refractivity contribution in [3.05, 3.63) is 76.3 Å². The molecule has 5 atom stereocenters. The number of halogens is 2. The quantitative estimate of drug-likeness (QED) is 0.471. The van der Waals surface area contributed by atoms with E-state index < -0.39 is 29.6 Å². The minimum atomic E-state index is -1.19. The number of fused-ring (bicyclic) bond motifs is 1. The first-order valence-corrected chi connectivity index (χ1v) is 14.4. The Morgan fingerprint density at radius 2 is 1.74 bits per heavy atom. The number of ether oxygens (including phenoxy) is 1. The topological polar surface area (TPSA) is 87.7 Å². The van der Waals surface area contributed by atoms with Crippen LogP contribution in [0.1, 0.15) is 37.7 Å². The van der Waals surface area contributed by atoms with Gasteiger partial charge in [-0.1, -0.05) is 72.8 Å². The highest BCUT2D eigenvalue weighted by molar-refractivity contribution is 6.31. The largest absolute Gasteiger partial charge is 0.359 e. The molecule has 3 fully saturated rings. The summed E-state index contributed by atoms with van der Waals surface area (Å²) in [6.07, 6.45) is 8.73. The number of rotatable bonds is 7. The Kier molecular flexibility index (Phi) is 7.16. The Labute approximate surface area is 237 Å². The molecule has 9 heteroatoms. The second kappa shape index (κ2) is 10.6. The number of amides is 3. The standard InChI is InChI=1S/C30H31Cl2N3O4/c31-19-10-12-21(13-11-19)33-27(36)24-23-14-16-30(39-23)25(24)29(38)35(17-15-18-6-4-5-9-22(18)32)26(30)28(37)34-20-7-2-1-3-8-20/h4-6,9-14,16,20,23-26H,1-3,7-8,15,17H2,(H,33,36)(H,34,37)/t23-,24-,25-,26+,30-/m0/s1. The van der Waals surface area contributed by atoms with E-state index in [1.807, 2.05) is 36.4 Å². The average molecular weight is 569 g/mol. The molecule has 2 N–H and O–H groups in total. The zero-order chi connectivity index (χ0) is 27.1. The van der Waals surface area contributed by atoms with E-state index in [1.54, 1.807) is 29.2 Å². The van der Waals surface area contributed by atoms with Gasteiger partial charge in [-0.25, -0.2) is 0 Å². The fourth-order valence-corrected chi connectivity index (χ4v) is 7.09. The molecule has 7 nitrogen and oxygen atoms in total. The zero-order valence-electron chi connectivity index (χ0n) is 21.4. The van der Waals surface area contributed by atoms with Crippen molar-refractivity contribution in [2.45, 2.75) is 62.3 Å². The highest BCUT2D eigenvalue weighted by Crippen LogP contribution is 2.55. The van der Waals surface area contributed by atoms with Crippen LogP contribution in [-0.2, 0) is 25.5 Å². The van der Waals surface area contributed by atoms with Gasteiger partial charge in [0.1, 0.15) is 11.6 Å². The zero-order valence-corrected chi connectivity index (χ0v) is 23.0. The normalized spacial score (nSPS) is 29.5. The monoisotopic (exact) mass is 567 g/mol. The molecular weight excluding hydrogens is 537 g/mol. The Morgan fingerprint density at radius 1 is 1.00 bits per heavy atom. The summed E-state index contributed by atoms with van der Waals surface area (Å²) in [6, 6.07) is 13.5. The number of carbonyl (C=O) groups excluding carboxylic acids is 3. The van der Waals surface area contributed by atoms with Crippen molar-refractivity contribution in [2.24, 2.45) is 11.8 Å². The van der Waals surface area contributed by atoms with Crippen molar-refractivity contribution in [3.8, 4) is 0 Å². The Morgan fingerprint density at radius 3 is 2.49 bits per heavy atom. The van der Waals surface area contributed by atoms with Gasteiger partial charge in [-0.05, 0) is 55.2 Å². The number of benzene rings is 2. The first kappa shape index (κ1) is 26.4. The van der Waals surface area contributed by atoms with Crippen LogP contribution in [0.25, 0.3) is 0 Å². The van der Waals surface area contributed by atoms with E-state index in [0.717, 1.165) is 31.2 Å². The third-order valence-corrected chi connectivity index (χ3v) is 9.19. The van der Waals surface area contributed by atoms with E-state index in [9.17, 15) is 14.4 Å². The van der Waals surface area contributed by atoms with Crippen LogP contribution in [0.3, 0.4) is 0 Å². The maximum absolute atomic E-state index is 14.1. The molecule has 2 saturated heterocycles. The number of likely N-dealkylation sites (tertiary alicyclic amines) is 1. The summed E-state index contributed by atoms with van der Waals surface area (Å²) >= 11 is 12.4. The summed E-state index contributed by atoms with van der Waals surface area (Å²) in [6.45, 7) is 0.289. The van der Waals surface area contributed by atoms with Crippen LogP contribution >= 0.6 is 23.2 Å².